The van der Waals surface area contributed by atoms with Gasteiger partial charge in [-0.05, 0) is 69.8 Å². The van der Waals surface area contributed by atoms with Crippen molar-refractivity contribution < 1.29 is 4.74 Å². The van der Waals surface area contributed by atoms with Gasteiger partial charge in [-0.15, -0.1) is 0 Å². The van der Waals surface area contributed by atoms with Crippen molar-refractivity contribution in [2.45, 2.75) is 76.6 Å². The summed E-state index contributed by atoms with van der Waals surface area (Å²) < 4.78 is 6.07. The van der Waals surface area contributed by atoms with Crippen molar-refractivity contribution in [3.05, 3.63) is 30.1 Å². The number of nitrogens with zero attached hydrogens (tertiary/aromatic N) is 2. The van der Waals surface area contributed by atoms with Gasteiger partial charge in [-0.2, -0.15) is 0 Å². The molecule has 3 fully saturated rings. The summed E-state index contributed by atoms with van der Waals surface area (Å²) >= 11 is 0. The van der Waals surface area contributed by atoms with Crippen LogP contribution >= 0.6 is 0 Å². The second-order valence-corrected chi connectivity index (χ2v) is 8.25. The monoisotopic (exact) mass is 343 g/mol. The molecule has 4 rings (SSSR count). The lowest BCUT2D eigenvalue weighted by Gasteiger charge is -2.55. The predicted octanol–water partition coefficient (Wildman–Crippen LogP) is 3.37. The number of ether oxygens (including phenoxy) is 1. The molecule has 1 N–H and O–H groups in total. The maximum Gasteiger partial charge on any atom is 0.0661 e. The van der Waals surface area contributed by atoms with Gasteiger partial charge < -0.3 is 10.1 Å². The highest BCUT2D eigenvalue weighted by Crippen LogP contribution is 2.55. The Morgan fingerprint density at radius 1 is 1.20 bits per heavy atom. The highest BCUT2D eigenvalue weighted by Gasteiger charge is 2.56. The van der Waals surface area contributed by atoms with Crippen LogP contribution < -0.4 is 5.32 Å². The quantitative estimate of drug-likeness (QED) is 0.859. The van der Waals surface area contributed by atoms with Crippen LogP contribution in [0.4, 0.5) is 0 Å². The maximum absolute atomic E-state index is 6.07. The lowest BCUT2D eigenvalue weighted by molar-refractivity contribution is -0.133. The highest BCUT2D eigenvalue weighted by molar-refractivity contribution is 5.11. The van der Waals surface area contributed by atoms with Crippen LogP contribution in [-0.4, -0.2) is 47.8 Å². The Balaban J connectivity index is 1.26. The molecular weight excluding hydrogens is 310 g/mol. The van der Waals surface area contributed by atoms with E-state index in [2.05, 4.69) is 34.3 Å². The molecule has 1 aromatic rings. The first-order valence-electron chi connectivity index (χ1n) is 10.3. The van der Waals surface area contributed by atoms with Gasteiger partial charge in [0, 0.05) is 43.0 Å². The molecular formula is C21H33N3O. The molecule has 1 spiro atoms. The van der Waals surface area contributed by atoms with Crippen molar-refractivity contribution >= 4 is 0 Å². The number of rotatable bonds is 6. The first-order valence-corrected chi connectivity index (χ1v) is 10.3. The van der Waals surface area contributed by atoms with Crippen LogP contribution in [0.15, 0.2) is 24.5 Å². The van der Waals surface area contributed by atoms with Gasteiger partial charge in [-0.1, -0.05) is 12.8 Å². The number of pyridine rings is 1. The largest absolute Gasteiger partial charge is 0.378 e. The van der Waals surface area contributed by atoms with E-state index in [1.54, 1.807) is 0 Å². The highest BCUT2D eigenvalue weighted by atomic mass is 16.5. The number of aromatic nitrogens is 1. The van der Waals surface area contributed by atoms with Crippen molar-refractivity contribution in [3.8, 4) is 0 Å². The Morgan fingerprint density at radius 3 is 2.60 bits per heavy atom. The molecule has 0 amide bonds. The Bertz CT molecular complexity index is 535. The van der Waals surface area contributed by atoms with Crippen LogP contribution in [-0.2, 0) is 11.3 Å². The second-order valence-electron chi connectivity index (χ2n) is 8.25. The van der Waals surface area contributed by atoms with Gasteiger partial charge in [-0.25, -0.2) is 0 Å². The van der Waals surface area contributed by atoms with E-state index in [0.29, 0.717) is 23.6 Å². The predicted molar refractivity (Wildman–Crippen MR) is 100 cm³/mol. The van der Waals surface area contributed by atoms with Gasteiger partial charge in [0.25, 0.3) is 0 Å². The number of hydrogen-bond acceptors (Lipinski definition) is 4. The maximum atomic E-state index is 6.07. The molecule has 138 valence electrons. The van der Waals surface area contributed by atoms with Crippen LogP contribution in [0.3, 0.4) is 0 Å². The minimum absolute atomic E-state index is 0.462. The van der Waals surface area contributed by atoms with Crippen LogP contribution in [0.5, 0.6) is 0 Å². The summed E-state index contributed by atoms with van der Waals surface area (Å²) in [6.07, 6.45) is 13.6. The van der Waals surface area contributed by atoms with Crippen LogP contribution in [0.2, 0.25) is 0 Å². The van der Waals surface area contributed by atoms with Gasteiger partial charge in [0.1, 0.15) is 0 Å². The third-order valence-electron chi connectivity index (χ3n) is 6.87. The fourth-order valence-corrected chi connectivity index (χ4v) is 5.41. The molecule has 2 atom stereocenters. The molecule has 0 bridgehead atoms. The molecule has 1 saturated heterocycles. The Hall–Kier alpha value is -0.970. The lowest BCUT2D eigenvalue weighted by Crippen LogP contribution is -2.65. The topological polar surface area (TPSA) is 37.4 Å². The number of likely N-dealkylation sites (tertiary alicyclic amines) is 1. The van der Waals surface area contributed by atoms with E-state index < -0.39 is 0 Å². The van der Waals surface area contributed by atoms with Gasteiger partial charge in [-0.3, -0.25) is 9.88 Å². The molecule has 0 aromatic carbocycles. The number of piperidine rings is 1. The molecule has 0 radical (unpaired) electrons. The van der Waals surface area contributed by atoms with Crippen LogP contribution in [0, 0.1) is 5.41 Å². The molecule has 4 heteroatoms. The minimum atomic E-state index is 0.462. The Kier molecular flexibility index (Phi) is 5.39. The fraction of sp³-hybridized carbons (Fsp3) is 0.762. The Morgan fingerprint density at radius 2 is 1.92 bits per heavy atom. The zero-order valence-corrected chi connectivity index (χ0v) is 15.6. The summed E-state index contributed by atoms with van der Waals surface area (Å²) in [7, 11) is 0. The summed E-state index contributed by atoms with van der Waals surface area (Å²) in [6.45, 7) is 6.48. The zero-order valence-electron chi connectivity index (χ0n) is 15.6. The van der Waals surface area contributed by atoms with Crippen molar-refractivity contribution in [1.29, 1.82) is 0 Å². The van der Waals surface area contributed by atoms with Crippen molar-refractivity contribution in [1.82, 2.24) is 15.2 Å². The van der Waals surface area contributed by atoms with Gasteiger partial charge in [0.05, 0.1) is 6.10 Å². The van der Waals surface area contributed by atoms with E-state index >= 15 is 0 Å². The molecule has 2 saturated carbocycles. The summed E-state index contributed by atoms with van der Waals surface area (Å²) in [5.74, 6) is 0. The molecule has 3 aliphatic rings. The fourth-order valence-electron chi connectivity index (χ4n) is 5.41. The summed E-state index contributed by atoms with van der Waals surface area (Å²) in [5, 5.41) is 4.04. The molecule has 1 aliphatic heterocycles. The lowest BCUT2D eigenvalue weighted by atomic mass is 9.60. The molecule has 1 aromatic heterocycles. The average molecular weight is 344 g/mol. The molecule has 0 unspecified atom stereocenters. The third-order valence-corrected chi connectivity index (χ3v) is 6.87. The van der Waals surface area contributed by atoms with E-state index in [0.717, 1.165) is 13.2 Å². The third kappa shape index (κ3) is 3.62. The molecule has 25 heavy (non-hydrogen) atoms. The van der Waals surface area contributed by atoms with Crippen molar-refractivity contribution in [2.75, 3.05) is 19.7 Å². The number of hydrogen-bond donors (Lipinski definition) is 1. The van der Waals surface area contributed by atoms with E-state index in [1.165, 1.54) is 63.6 Å². The Labute approximate surface area is 152 Å². The summed E-state index contributed by atoms with van der Waals surface area (Å²) in [6, 6.07) is 5.66. The van der Waals surface area contributed by atoms with E-state index in [1.807, 2.05) is 12.4 Å². The summed E-state index contributed by atoms with van der Waals surface area (Å²) in [4.78, 5) is 6.70. The van der Waals surface area contributed by atoms with Crippen molar-refractivity contribution in [3.63, 3.8) is 0 Å². The van der Waals surface area contributed by atoms with E-state index in [4.69, 9.17) is 4.74 Å². The SMILES string of the molecule is CCO[C@H]1C[C@@H](NC2CCN(Cc3ccncc3)CC2)C12CCCC2. The second kappa shape index (κ2) is 7.73. The zero-order chi connectivity index (χ0) is 17.1. The van der Waals surface area contributed by atoms with Gasteiger partial charge >= 0.3 is 0 Å². The number of nitrogens with one attached hydrogen (secondary N) is 1. The molecule has 4 nitrogen and oxygen atoms in total. The normalized spacial score (nSPS) is 29.8. The standard InChI is InChI=1S/C21H33N3O/c1-2-25-20-15-19(21(20)9-3-4-10-21)23-18-7-13-24(14-8-18)16-17-5-11-22-12-6-17/h5-6,11-12,18-20,23H,2-4,7-10,13-16H2,1H3/t19-,20+/m1/s1. The average Bonchev–Trinajstić information content (AvgIpc) is 3.16. The van der Waals surface area contributed by atoms with Crippen LogP contribution in [0.1, 0.15) is 57.4 Å². The van der Waals surface area contributed by atoms with Crippen molar-refractivity contribution in [2.24, 2.45) is 5.41 Å². The van der Waals surface area contributed by atoms with E-state index in [-0.39, 0.29) is 0 Å². The smallest absolute Gasteiger partial charge is 0.0661 e. The summed E-state index contributed by atoms with van der Waals surface area (Å²) in [5.41, 5.74) is 1.84. The molecule has 2 aliphatic carbocycles. The van der Waals surface area contributed by atoms with E-state index in [9.17, 15) is 0 Å². The van der Waals surface area contributed by atoms with Gasteiger partial charge in [0.15, 0.2) is 0 Å². The van der Waals surface area contributed by atoms with Crippen LogP contribution in [0.25, 0.3) is 0 Å². The first-order chi connectivity index (χ1) is 12.3. The minimum Gasteiger partial charge on any atom is -0.378 e. The first kappa shape index (κ1) is 17.4. The van der Waals surface area contributed by atoms with Gasteiger partial charge in [0.2, 0.25) is 0 Å². The molecule has 2 heterocycles.